The molecule has 1 aliphatic heterocycles. The number of nitrogens with two attached hydrogens (primary N) is 1. The van der Waals surface area contributed by atoms with Crippen LogP contribution in [0.3, 0.4) is 0 Å². The van der Waals surface area contributed by atoms with Crippen LogP contribution in [0.15, 0.2) is 18.3 Å². The fourth-order valence-electron chi connectivity index (χ4n) is 2.46. The third-order valence-electron chi connectivity index (χ3n) is 3.25. The van der Waals surface area contributed by atoms with Gasteiger partial charge in [-0.15, -0.1) is 0 Å². The summed E-state index contributed by atoms with van der Waals surface area (Å²) in [5.74, 6) is 0.956. The summed E-state index contributed by atoms with van der Waals surface area (Å²) in [6, 6.07) is 4.91. The highest BCUT2D eigenvalue weighted by Crippen LogP contribution is 2.30. The zero-order chi connectivity index (χ0) is 10.8. The molecule has 1 aromatic rings. The topological polar surface area (TPSA) is 42.2 Å². The molecule has 2 rings (SSSR count). The van der Waals surface area contributed by atoms with E-state index < -0.39 is 0 Å². The molecule has 0 radical (unpaired) electrons. The Hall–Kier alpha value is -1.25. The average molecular weight is 205 g/mol. The maximum Gasteiger partial charge on any atom is 0.152 e. The summed E-state index contributed by atoms with van der Waals surface area (Å²) in [7, 11) is 0. The fraction of sp³-hybridized carbons (Fsp3) is 0.583. The Balaban J connectivity index is 2.31. The van der Waals surface area contributed by atoms with E-state index in [1.54, 1.807) is 0 Å². The number of rotatable bonds is 1. The molecule has 1 aromatic heterocycles. The zero-order valence-electron chi connectivity index (χ0n) is 9.48. The van der Waals surface area contributed by atoms with Crippen LogP contribution in [0.25, 0.3) is 0 Å². The van der Waals surface area contributed by atoms with E-state index >= 15 is 0 Å². The number of hydrogen-bond acceptors (Lipinski definition) is 3. The van der Waals surface area contributed by atoms with Crippen molar-refractivity contribution in [2.24, 2.45) is 0 Å². The first kappa shape index (κ1) is 10.3. The summed E-state index contributed by atoms with van der Waals surface area (Å²) >= 11 is 0. The Kier molecular flexibility index (Phi) is 2.80. The molecule has 1 saturated heterocycles. The largest absolute Gasteiger partial charge is 0.396 e. The Labute approximate surface area is 91.3 Å². The number of pyridine rings is 1. The van der Waals surface area contributed by atoms with Crippen LogP contribution in [-0.4, -0.2) is 17.1 Å². The first-order valence-electron chi connectivity index (χ1n) is 5.69. The normalized spacial score (nSPS) is 26.7. The van der Waals surface area contributed by atoms with Crippen molar-refractivity contribution < 1.29 is 0 Å². The van der Waals surface area contributed by atoms with Crippen LogP contribution in [0.5, 0.6) is 0 Å². The third kappa shape index (κ3) is 1.91. The van der Waals surface area contributed by atoms with Gasteiger partial charge in [0.1, 0.15) is 0 Å². The lowest BCUT2D eigenvalue weighted by atomic mass is 9.97. The van der Waals surface area contributed by atoms with Crippen LogP contribution in [0, 0.1) is 0 Å². The molecule has 0 aromatic carbocycles. The maximum atomic E-state index is 5.97. The van der Waals surface area contributed by atoms with Gasteiger partial charge in [-0.3, -0.25) is 0 Å². The van der Waals surface area contributed by atoms with Crippen molar-refractivity contribution in [1.29, 1.82) is 0 Å². The molecule has 15 heavy (non-hydrogen) atoms. The number of nitrogens with zero attached hydrogens (tertiary/aromatic N) is 2. The van der Waals surface area contributed by atoms with Crippen LogP contribution in [0.4, 0.5) is 11.5 Å². The van der Waals surface area contributed by atoms with E-state index in [-0.39, 0.29) is 0 Å². The van der Waals surface area contributed by atoms with E-state index in [0.717, 1.165) is 11.5 Å². The van der Waals surface area contributed by atoms with Crippen LogP contribution in [-0.2, 0) is 0 Å². The number of anilines is 2. The van der Waals surface area contributed by atoms with Crippen LogP contribution < -0.4 is 10.6 Å². The van der Waals surface area contributed by atoms with Crippen LogP contribution in [0.2, 0.25) is 0 Å². The fourth-order valence-corrected chi connectivity index (χ4v) is 2.46. The minimum Gasteiger partial charge on any atom is -0.396 e. The minimum absolute atomic E-state index is 0.547. The lowest BCUT2D eigenvalue weighted by molar-refractivity contribution is 0.411. The molecule has 3 heteroatoms. The number of nitrogen functional groups attached to an aromatic ring is 1. The van der Waals surface area contributed by atoms with E-state index in [0.29, 0.717) is 12.1 Å². The molecular formula is C12H19N3. The van der Waals surface area contributed by atoms with E-state index in [4.69, 9.17) is 5.73 Å². The van der Waals surface area contributed by atoms with E-state index in [1.807, 2.05) is 18.3 Å². The van der Waals surface area contributed by atoms with Gasteiger partial charge in [-0.25, -0.2) is 4.98 Å². The smallest absolute Gasteiger partial charge is 0.152 e. The minimum atomic E-state index is 0.547. The van der Waals surface area contributed by atoms with Gasteiger partial charge < -0.3 is 10.6 Å². The molecule has 0 spiro atoms. The predicted octanol–water partition coefficient (Wildman–Crippen LogP) is 2.43. The number of hydrogen-bond donors (Lipinski definition) is 1. The third-order valence-corrected chi connectivity index (χ3v) is 3.25. The highest BCUT2D eigenvalue weighted by Gasteiger charge is 2.26. The molecule has 2 heterocycles. The molecule has 0 amide bonds. The van der Waals surface area contributed by atoms with Crippen molar-refractivity contribution in [3.05, 3.63) is 18.3 Å². The molecule has 3 nitrogen and oxygen atoms in total. The second-order valence-electron chi connectivity index (χ2n) is 4.45. The summed E-state index contributed by atoms with van der Waals surface area (Å²) in [6.07, 6.45) is 5.60. The van der Waals surface area contributed by atoms with Gasteiger partial charge in [0.25, 0.3) is 0 Å². The van der Waals surface area contributed by atoms with Crippen LogP contribution >= 0.6 is 0 Å². The first-order chi connectivity index (χ1) is 7.20. The van der Waals surface area contributed by atoms with Crippen molar-refractivity contribution in [2.75, 3.05) is 10.6 Å². The lowest BCUT2D eigenvalue weighted by Crippen LogP contribution is -2.44. The van der Waals surface area contributed by atoms with Gasteiger partial charge in [0.2, 0.25) is 0 Å². The highest BCUT2D eigenvalue weighted by atomic mass is 15.2. The highest BCUT2D eigenvalue weighted by molar-refractivity contribution is 5.63. The second-order valence-corrected chi connectivity index (χ2v) is 4.45. The molecule has 2 N–H and O–H groups in total. The molecule has 82 valence electrons. The number of aromatic nitrogens is 1. The van der Waals surface area contributed by atoms with Crippen molar-refractivity contribution >= 4 is 11.5 Å². The van der Waals surface area contributed by atoms with Gasteiger partial charge in [0, 0.05) is 18.3 Å². The second kappa shape index (κ2) is 4.09. The van der Waals surface area contributed by atoms with Crippen LogP contribution in [0.1, 0.15) is 33.1 Å². The predicted molar refractivity (Wildman–Crippen MR) is 63.9 cm³/mol. The van der Waals surface area contributed by atoms with E-state index in [2.05, 4.69) is 23.7 Å². The van der Waals surface area contributed by atoms with Crippen molar-refractivity contribution in [3.8, 4) is 0 Å². The maximum absolute atomic E-state index is 5.97. The summed E-state index contributed by atoms with van der Waals surface area (Å²) in [4.78, 5) is 6.76. The van der Waals surface area contributed by atoms with Gasteiger partial charge >= 0.3 is 0 Å². The lowest BCUT2D eigenvalue weighted by Gasteiger charge is -2.40. The molecule has 0 aliphatic carbocycles. The zero-order valence-corrected chi connectivity index (χ0v) is 9.48. The Bertz CT molecular complexity index is 327. The monoisotopic (exact) mass is 205 g/mol. The number of piperidine rings is 1. The Morgan fingerprint density at radius 1 is 1.33 bits per heavy atom. The Morgan fingerprint density at radius 2 is 2.00 bits per heavy atom. The van der Waals surface area contributed by atoms with Crippen molar-refractivity contribution in [2.45, 2.75) is 45.2 Å². The molecule has 0 saturated carbocycles. The molecular weight excluding hydrogens is 186 g/mol. The average Bonchev–Trinajstić information content (AvgIpc) is 2.20. The van der Waals surface area contributed by atoms with E-state index in [9.17, 15) is 0 Å². The molecule has 2 atom stereocenters. The van der Waals surface area contributed by atoms with Gasteiger partial charge in [0.15, 0.2) is 5.82 Å². The summed E-state index contributed by atoms with van der Waals surface area (Å²) in [5, 5.41) is 0. The van der Waals surface area contributed by atoms with Crippen molar-refractivity contribution in [3.63, 3.8) is 0 Å². The molecule has 0 unspecified atom stereocenters. The SMILES string of the molecule is C[C@H]1CCC[C@H](C)N1c1ncccc1N. The first-order valence-corrected chi connectivity index (χ1v) is 5.69. The van der Waals surface area contributed by atoms with Gasteiger partial charge in [0.05, 0.1) is 5.69 Å². The summed E-state index contributed by atoms with van der Waals surface area (Å²) < 4.78 is 0. The van der Waals surface area contributed by atoms with Gasteiger partial charge in [-0.05, 0) is 45.2 Å². The Morgan fingerprint density at radius 3 is 2.60 bits per heavy atom. The molecule has 1 fully saturated rings. The van der Waals surface area contributed by atoms with E-state index in [1.165, 1.54) is 19.3 Å². The quantitative estimate of drug-likeness (QED) is 0.765. The molecule has 1 aliphatic rings. The molecule has 0 bridgehead atoms. The van der Waals surface area contributed by atoms with Crippen molar-refractivity contribution in [1.82, 2.24) is 4.98 Å². The summed E-state index contributed by atoms with van der Waals surface area (Å²) in [5.41, 5.74) is 6.76. The van der Waals surface area contributed by atoms with Gasteiger partial charge in [-0.1, -0.05) is 0 Å². The van der Waals surface area contributed by atoms with Gasteiger partial charge in [-0.2, -0.15) is 0 Å². The summed E-state index contributed by atoms with van der Waals surface area (Å²) in [6.45, 7) is 4.51. The standard InChI is InChI=1S/C12H19N3/c1-9-5-3-6-10(2)15(9)12-11(13)7-4-8-14-12/h4,7-10H,3,5-6,13H2,1-2H3/t9-,10-/m0/s1.